The van der Waals surface area contributed by atoms with Crippen LogP contribution in [-0.4, -0.2) is 11.9 Å². The molecule has 0 radical (unpaired) electrons. The van der Waals surface area contributed by atoms with Crippen LogP contribution < -0.4 is 9.47 Å². The lowest BCUT2D eigenvalue weighted by atomic mass is 9.88. The summed E-state index contributed by atoms with van der Waals surface area (Å²) >= 11 is 0. The second-order valence-corrected chi connectivity index (χ2v) is 7.41. The maximum Gasteiger partial charge on any atom is 0.308 e. The molecule has 160 valence electrons. The summed E-state index contributed by atoms with van der Waals surface area (Å²) in [5, 5.41) is 0. The summed E-state index contributed by atoms with van der Waals surface area (Å²) in [6.07, 6.45) is 6.15. The maximum absolute atomic E-state index is 11.4. The molecule has 2 rings (SSSR count). The maximum atomic E-state index is 11.4. The van der Waals surface area contributed by atoms with E-state index in [1.165, 1.54) is 25.0 Å². The van der Waals surface area contributed by atoms with Gasteiger partial charge in [0.05, 0.1) is 0 Å². The Kier molecular flexibility index (Phi) is 9.33. The fourth-order valence-corrected chi connectivity index (χ4v) is 3.47. The molecule has 0 spiro atoms. The van der Waals surface area contributed by atoms with Gasteiger partial charge in [0, 0.05) is 13.8 Å². The van der Waals surface area contributed by atoms with Crippen molar-refractivity contribution in [3.05, 3.63) is 59.7 Å². The fourth-order valence-electron chi connectivity index (χ4n) is 3.47. The van der Waals surface area contributed by atoms with Crippen LogP contribution in [0.5, 0.6) is 11.5 Å². The van der Waals surface area contributed by atoms with Gasteiger partial charge in [0.2, 0.25) is 0 Å². The van der Waals surface area contributed by atoms with Gasteiger partial charge in [0.1, 0.15) is 11.5 Å². The van der Waals surface area contributed by atoms with Crippen molar-refractivity contribution in [2.45, 2.75) is 66.2 Å². The van der Waals surface area contributed by atoms with Crippen molar-refractivity contribution in [3.63, 3.8) is 0 Å². The van der Waals surface area contributed by atoms with Crippen molar-refractivity contribution in [3.8, 4) is 11.5 Å². The molecule has 0 bridgehead atoms. The molecule has 2 aromatic rings. The van der Waals surface area contributed by atoms with Crippen LogP contribution in [0.1, 0.15) is 77.3 Å². The van der Waals surface area contributed by atoms with Crippen molar-refractivity contribution >= 4 is 23.1 Å². The van der Waals surface area contributed by atoms with Crippen LogP contribution in [0.2, 0.25) is 0 Å². The molecule has 0 heterocycles. The van der Waals surface area contributed by atoms with Gasteiger partial charge in [-0.15, -0.1) is 0 Å². The first kappa shape index (κ1) is 23.4. The van der Waals surface area contributed by atoms with Gasteiger partial charge in [-0.25, -0.2) is 0 Å². The summed E-state index contributed by atoms with van der Waals surface area (Å²) in [5.41, 5.74) is 4.62. The van der Waals surface area contributed by atoms with E-state index >= 15 is 0 Å². The topological polar surface area (TPSA) is 52.6 Å². The Morgan fingerprint density at radius 1 is 0.700 bits per heavy atom. The summed E-state index contributed by atoms with van der Waals surface area (Å²) in [6.45, 7) is 7.18. The van der Waals surface area contributed by atoms with E-state index in [0.717, 1.165) is 49.7 Å². The number of benzene rings is 2. The largest absolute Gasteiger partial charge is 0.427 e. The molecule has 0 atom stereocenters. The lowest BCUT2D eigenvalue weighted by Gasteiger charge is -2.18. The lowest BCUT2D eigenvalue weighted by Crippen LogP contribution is -2.03. The van der Waals surface area contributed by atoms with Gasteiger partial charge in [-0.05, 0) is 72.2 Å². The van der Waals surface area contributed by atoms with Crippen LogP contribution in [0.4, 0.5) is 0 Å². The zero-order valence-corrected chi connectivity index (χ0v) is 18.5. The summed E-state index contributed by atoms with van der Waals surface area (Å²) in [6, 6.07) is 15.5. The number of hydrogen-bond acceptors (Lipinski definition) is 4. The van der Waals surface area contributed by atoms with E-state index in [2.05, 4.69) is 26.0 Å². The highest BCUT2D eigenvalue weighted by atomic mass is 16.5. The van der Waals surface area contributed by atoms with Gasteiger partial charge < -0.3 is 9.47 Å². The monoisotopic (exact) mass is 408 g/mol. The molecule has 0 saturated heterocycles. The number of carbonyl (C=O) groups excluding carboxylic acids is 2. The quantitative estimate of drug-likeness (QED) is 0.246. The van der Waals surface area contributed by atoms with E-state index in [-0.39, 0.29) is 11.9 Å². The van der Waals surface area contributed by atoms with Crippen molar-refractivity contribution in [2.24, 2.45) is 0 Å². The molecule has 0 saturated carbocycles. The third-order valence-electron chi connectivity index (χ3n) is 4.81. The summed E-state index contributed by atoms with van der Waals surface area (Å²) in [7, 11) is 0. The number of ether oxygens (including phenoxy) is 2. The minimum absolute atomic E-state index is 0.327. The SMILES string of the molecule is CCCC/C(=C(/CCCC)c1cccc(OC(C)=O)c1)c1cccc(OC(C)=O)c1. The molecule has 0 aliphatic carbocycles. The Bertz CT molecular complexity index is 822. The highest BCUT2D eigenvalue weighted by molar-refractivity contribution is 5.91. The number of allylic oxidation sites excluding steroid dienone is 2. The Balaban J connectivity index is 2.60. The van der Waals surface area contributed by atoms with E-state index in [0.29, 0.717) is 11.5 Å². The number of carbonyl (C=O) groups is 2. The van der Waals surface area contributed by atoms with Crippen LogP contribution in [-0.2, 0) is 9.59 Å². The molecule has 2 aromatic carbocycles. The second kappa shape index (κ2) is 12.0. The molecule has 0 aliphatic heterocycles. The van der Waals surface area contributed by atoms with Gasteiger partial charge >= 0.3 is 11.9 Å². The Morgan fingerprint density at radius 2 is 1.10 bits per heavy atom. The molecule has 30 heavy (non-hydrogen) atoms. The first-order chi connectivity index (χ1) is 14.4. The minimum Gasteiger partial charge on any atom is -0.427 e. The lowest BCUT2D eigenvalue weighted by molar-refractivity contribution is -0.132. The normalized spacial score (nSPS) is 11.6. The zero-order chi connectivity index (χ0) is 21.9. The molecule has 0 amide bonds. The van der Waals surface area contributed by atoms with Gasteiger partial charge in [-0.3, -0.25) is 9.59 Å². The highest BCUT2D eigenvalue weighted by Crippen LogP contribution is 2.36. The van der Waals surface area contributed by atoms with Gasteiger partial charge in [-0.2, -0.15) is 0 Å². The standard InChI is InChI=1S/C26H32O4/c1-5-7-15-25(21-11-9-13-23(17-21)29-19(3)27)26(16-8-6-2)22-12-10-14-24(18-22)30-20(4)28/h9-14,17-18H,5-8,15-16H2,1-4H3/b26-25+. The van der Waals surface area contributed by atoms with Crippen molar-refractivity contribution in [1.82, 2.24) is 0 Å². The van der Waals surface area contributed by atoms with E-state index in [1.54, 1.807) is 12.1 Å². The van der Waals surface area contributed by atoms with Gasteiger partial charge in [0.15, 0.2) is 0 Å². The molecule has 0 fully saturated rings. The Labute approximate surface area is 179 Å². The van der Waals surface area contributed by atoms with E-state index in [4.69, 9.17) is 9.47 Å². The zero-order valence-electron chi connectivity index (χ0n) is 18.5. The summed E-state index contributed by atoms with van der Waals surface area (Å²) < 4.78 is 10.6. The first-order valence-electron chi connectivity index (χ1n) is 10.7. The van der Waals surface area contributed by atoms with Crippen LogP contribution in [0, 0.1) is 0 Å². The average Bonchev–Trinajstić information content (AvgIpc) is 2.70. The smallest absolute Gasteiger partial charge is 0.308 e. The van der Waals surface area contributed by atoms with Gasteiger partial charge in [0.25, 0.3) is 0 Å². The van der Waals surface area contributed by atoms with E-state index in [1.807, 2.05) is 24.3 Å². The highest BCUT2D eigenvalue weighted by Gasteiger charge is 2.14. The van der Waals surface area contributed by atoms with Crippen molar-refractivity contribution < 1.29 is 19.1 Å². The molecule has 4 nitrogen and oxygen atoms in total. The second-order valence-electron chi connectivity index (χ2n) is 7.41. The minimum atomic E-state index is -0.327. The van der Waals surface area contributed by atoms with E-state index in [9.17, 15) is 9.59 Å². The van der Waals surface area contributed by atoms with Crippen molar-refractivity contribution in [1.29, 1.82) is 0 Å². The molecule has 0 unspecified atom stereocenters. The Morgan fingerprint density at radius 3 is 1.43 bits per heavy atom. The Hall–Kier alpha value is -2.88. The summed E-state index contributed by atoms with van der Waals surface area (Å²) in [5.74, 6) is 0.452. The number of rotatable bonds is 10. The number of hydrogen-bond donors (Lipinski definition) is 0. The van der Waals surface area contributed by atoms with Crippen LogP contribution in [0.3, 0.4) is 0 Å². The van der Waals surface area contributed by atoms with Crippen molar-refractivity contribution in [2.75, 3.05) is 0 Å². The fraction of sp³-hybridized carbons (Fsp3) is 0.385. The van der Waals surface area contributed by atoms with Gasteiger partial charge in [-0.1, -0.05) is 51.0 Å². The molecule has 4 heteroatoms. The molecule has 0 aliphatic rings. The first-order valence-corrected chi connectivity index (χ1v) is 10.7. The third kappa shape index (κ3) is 7.18. The van der Waals surface area contributed by atoms with Crippen LogP contribution >= 0.6 is 0 Å². The molecule has 0 aromatic heterocycles. The predicted molar refractivity (Wildman–Crippen MR) is 121 cm³/mol. The van der Waals surface area contributed by atoms with Crippen LogP contribution in [0.25, 0.3) is 11.1 Å². The molecular formula is C26H32O4. The van der Waals surface area contributed by atoms with Crippen LogP contribution in [0.15, 0.2) is 48.5 Å². The molecular weight excluding hydrogens is 376 g/mol. The predicted octanol–water partition coefficient (Wildman–Crippen LogP) is 6.83. The average molecular weight is 409 g/mol. The van der Waals surface area contributed by atoms with E-state index < -0.39 is 0 Å². The number of unbranched alkanes of at least 4 members (excludes halogenated alkanes) is 2. The summed E-state index contributed by atoms with van der Waals surface area (Å²) in [4.78, 5) is 22.8. The molecule has 0 N–H and O–H groups in total. The number of esters is 2. The third-order valence-corrected chi connectivity index (χ3v) is 4.81.